The molecule has 0 unspecified atom stereocenters. The van der Waals surface area contributed by atoms with Crippen molar-refractivity contribution < 1.29 is 0 Å². The van der Waals surface area contributed by atoms with Crippen LogP contribution in [-0.2, 0) is 0 Å². The van der Waals surface area contributed by atoms with Crippen LogP contribution in [0.2, 0.25) is 0 Å². The molecule has 2 aromatic rings. The minimum atomic E-state index is 0.707. The molecule has 26 heavy (non-hydrogen) atoms. The van der Waals surface area contributed by atoms with E-state index in [0.717, 1.165) is 56.7 Å². The Labute approximate surface area is 154 Å². The molecule has 0 aliphatic carbocycles. The van der Waals surface area contributed by atoms with Gasteiger partial charge in [0.2, 0.25) is 5.95 Å². The summed E-state index contributed by atoms with van der Waals surface area (Å²) in [6.07, 6.45) is 2.46. The van der Waals surface area contributed by atoms with Crippen LogP contribution in [0.4, 0.5) is 17.5 Å². The van der Waals surface area contributed by atoms with Gasteiger partial charge in [0, 0.05) is 56.7 Å². The highest BCUT2D eigenvalue weighted by Crippen LogP contribution is 2.23. The topological polar surface area (TPSA) is 59.3 Å². The normalized spacial score (nSPS) is 17.5. The predicted octanol–water partition coefficient (Wildman–Crippen LogP) is 2.58. The average Bonchev–Trinajstić information content (AvgIpc) is 3.23. The molecule has 0 atom stereocenters. The van der Waals surface area contributed by atoms with Crippen molar-refractivity contribution in [1.29, 1.82) is 5.26 Å². The number of hydrogen-bond acceptors (Lipinski definition) is 6. The summed E-state index contributed by atoms with van der Waals surface area (Å²) in [6, 6.07) is 12.1. The molecule has 0 saturated carbocycles. The third kappa shape index (κ3) is 3.43. The van der Waals surface area contributed by atoms with Gasteiger partial charge in [0.25, 0.3) is 0 Å². The molecule has 3 heterocycles. The molecule has 6 nitrogen and oxygen atoms in total. The first-order valence-corrected chi connectivity index (χ1v) is 9.33. The molecule has 134 valence electrons. The number of rotatable bonds is 3. The molecule has 1 aromatic heterocycles. The molecule has 2 aliphatic heterocycles. The fourth-order valence-electron chi connectivity index (χ4n) is 3.70. The summed E-state index contributed by atoms with van der Waals surface area (Å²) in [5, 5.41) is 8.94. The second-order valence-corrected chi connectivity index (χ2v) is 6.99. The minimum Gasteiger partial charge on any atom is -0.368 e. The second kappa shape index (κ2) is 7.20. The van der Waals surface area contributed by atoms with Crippen molar-refractivity contribution in [2.24, 2.45) is 0 Å². The lowest BCUT2D eigenvalue weighted by atomic mass is 10.2. The maximum absolute atomic E-state index is 8.94. The van der Waals surface area contributed by atoms with E-state index in [1.807, 2.05) is 24.3 Å². The number of nitriles is 1. The number of nitrogens with zero attached hydrogens (tertiary/aromatic N) is 6. The number of piperazine rings is 1. The fourth-order valence-corrected chi connectivity index (χ4v) is 3.70. The van der Waals surface area contributed by atoms with Crippen LogP contribution in [0.15, 0.2) is 30.3 Å². The van der Waals surface area contributed by atoms with Gasteiger partial charge in [-0.15, -0.1) is 0 Å². The summed E-state index contributed by atoms with van der Waals surface area (Å²) in [4.78, 5) is 16.5. The predicted molar refractivity (Wildman–Crippen MR) is 104 cm³/mol. The molecular formula is C20H24N6. The fraction of sp³-hybridized carbons (Fsp3) is 0.450. The van der Waals surface area contributed by atoms with Crippen molar-refractivity contribution in [3.05, 3.63) is 41.6 Å². The minimum absolute atomic E-state index is 0.707. The van der Waals surface area contributed by atoms with Gasteiger partial charge in [0.1, 0.15) is 5.82 Å². The second-order valence-electron chi connectivity index (χ2n) is 6.99. The summed E-state index contributed by atoms with van der Waals surface area (Å²) >= 11 is 0. The van der Waals surface area contributed by atoms with Gasteiger partial charge in [0.05, 0.1) is 11.6 Å². The zero-order chi connectivity index (χ0) is 17.9. The lowest BCUT2D eigenvalue weighted by Crippen LogP contribution is -2.47. The lowest BCUT2D eigenvalue weighted by Gasteiger charge is -2.37. The van der Waals surface area contributed by atoms with Crippen molar-refractivity contribution in [2.75, 3.05) is 54.0 Å². The van der Waals surface area contributed by atoms with Crippen LogP contribution in [0.1, 0.15) is 24.1 Å². The van der Waals surface area contributed by atoms with Crippen LogP contribution in [0, 0.1) is 18.3 Å². The third-order valence-corrected chi connectivity index (χ3v) is 5.18. The number of hydrogen-bond donors (Lipinski definition) is 0. The standard InChI is InChI=1S/C20H24N6/c1-16-14-19(23-20(22-16)26-8-2-3-9-26)25-12-10-24(11-13-25)18-6-4-17(15-21)5-7-18/h4-7,14H,2-3,8-13H2,1H3. The van der Waals surface area contributed by atoms with E-state index >= 15 is 0 Å². The summed E-state index contributed by atoms with van der Waals surface area (Å²) in [6.45, 7) is 7.97. The first-order valence-electron chi connectivity index (χ1n) is 9.33. The van der Waals surface area contributed by atoms with Crippen LogP contribution in [0.3, 0.4) is 0 Å². The first kappa shape index (κ1) is 16.6. The Morgan fingerprint density at radius 3 is 2.15 bits per heavy atom. The van der Waals surface area contributed by atoms with Gasteiger partial charge >= 0.3 is 0 Å². The average molecular weight is 348 g/mol. The third-order valence-electron chi connectivity index (χ3n) is 5.18. The van der Waals surface area contributed by atoms with Crippen molar-refractivity contribution in [3.8, 4) is 6.07 Å². The summed E-state index contributed by atoms with van der Waals surface area (Å²) < 4.78 is 0. The van der Waals surface area contributed by atoms with Gasteiger partial charge in [-0.1, -0.05) is 0 Å². The Kier molecular flexibility index (Phi) is 4.61. The van der Waals surface area contributed by atoms with E-state index in [1.165, 1.54) is 18.5 Å². The molecular weight excluding hydrogens is 324 g/mol. The summed E-state index contributed by atoms with van der Waals surface area (Å²) in [5.74, 6) is 1.92. The molecule has 2 fully saturated rings. The van der Waals surface area contributed by atoms with Crippen LogP contribution in [0.25, 0.3) is 0 Å². The molecule has 2 saturated heterocycles. The molecule has 0 spiro atoms. The van der Waals surface area contributed by atoms with Crippen molar-refractivity contribution in [3.63, 3.8) is 0 Å². The maximum Gasteiger partial charge on any atom is 0.227 e. The SMILES string of the molecule is Cc1cc(N2CCN(c3ccc(C#N)cc3)CC2)nc(N2CCCC2)n1. The molecule has 6 heteroatoms. The monoisotopic (exact) mass is 348 g/mol. The Morgan fingerprint density at radius 2 is 1.50 bits per heavy atom. The first-order chi connectivity index (χ1) is 12.7. The molecule has 1 aromatic carbocycles. The van der Waals surface area contributed by atoms with Crippen LogP contribution in [-0.4, -0.2) is 49.2 Å². The largest absolute Gasteiger partial charge is 0.368 e. The number of aromatic nitrogens is 2. The Bertz CT molecular complexity index is 796. The number of benzene rings is 1. The quantitative estimate of drug-likeness (QED) is 0.850. The van der Waals surface area contributed by atoms with Crippen molar-refractivity contribution in [2.45, 2.75) is 19.8 Å². The van der Waals surface area contributed by atoms with Crippen molar-refractivity contribution in [1.82, 2.24) is 9.97 Å². The highest BCUT2D eigenvalue weighted by molar-refractivity contribution is 5.53. The van der Waals surface area contributed by atoms with E-state index in [2.05, 4.69) is 38.7 Å². The highest BCUT2D eigenvalue weighted by Gasteiger charge is 2.21. The van der Waals surface area contributed by atoms with E-state index in [4.69, 9.17) is 10.2 Å². The van der Waals surface area contributed by atoms with Gasteiger partial charge in [-0.25, -0.2) is 4.98 Å². The molecule has 0 bridgehead atoms. The summed E-state index contributed by atoms with van der Waals surface area (Å²) in [7, 11) is 0. The van der Waals surface area contributed by atoms with Crippen LogP contribution >= 0.6 is 0 Å². The van der Waals surface area contributed by atoms with Crippen molar-refractivity contribution >= 4 is 17.5 Å². The molecule has 0 N–H and O–H groups in total. The van der Waals surface area contributed by atoms with Gasteiger partial charge in [-0.2, -0.15) is 10.2 Å². The molecule has 0 amide bonds. The van der Waals surface area contributed by atoms with E-state index < -0.39 is 0 Å². The van der Waals surface area contributed by atoms with E-state index in [1.54, 1.807) is 0 Å². The molecule has 4 rings (SSSR count). The van der Waals surface area contributed by atoms with Crippen LogP contribution < -0.4 is 14.7 Å². The maximum atomic E-state index is 8.94. The zero-order valence-corrected chi connectivity index (χ0v) is 15.2. The van der Waals surface area contributed by atoms with Gasteiger partial charge in [-0.3, -0.25) is 0 Å². The summed E-state index contributed by atoms with van der Waals surface area (Å²) in [5.41, 5.74) is 2.92. The Hall–Kier alpha value is -2.81. The highest BCUT2D eigenvalue weighted by atomic mass is 15.3. The number of aryl methyl sites for hydroxylation is 1. The van der Waals surface area contributed by atoms with E-state index in [0.29, 0.717) is 5.56 Å². The van der Waals surface area contributed by atoms with Gasteiger partial charge in [-0.05, 0) is 44.0 Å². The lowest BCUT2D eigenvalue weighted by molar-refractivity contribution is 0.645. The van der Waals surface area contributed by atoms with Crippen LogP contribution in [0.5, 0.6) is 0 Å². The Balaban J connectivity index is 1.45. The number of anilines is 3. The van der Waals surface area contributed by atoms with Gasteiger partial charge in [0.15, 0.2) is 0 Å². The van der Waals surface area contributed by atoms with E-state index in [-0.39, 0.29) is 0 Å². The van der Waals surface area contributed by atoms with E-state index in [9.17, 15) is 0 Å². The van der Waals surface area contributed by atoms with Gasteiger partial charge < -0.3 is 14.7 Å². The molecule has 2 aliphatic rings. The zero-order valence-electron chi connectivity index (χ0n) is 15.2. The molecule has 0 radical (unpaired) electrons. The smallest absolute Gasteiger partial charge is 0.227 e. The Morgan fingerprint density at radius 1 is 0.846 bits per heavy atom.